The Labute approximate surface area is 134 Å². The number of nitrogens with zero attached hydrogens (tertiary/aromatic N) is 2. The summed E-state index contributed by atoms with van der Waals surface area (Å²) in [7, 11) is 0. The van der Waals surface area contributed by atoms with Gasteiger partial charge < -0.3 is 15.3 Å². The molecule has 2 aromatic rings. The van der Waals surface area contributed by atoms with Gasteiger partial charge in [0.2, 0.25) is 0 Å². The van der Waals surface area contributed by atoms with Gasteiger partial charge in [-0.15, -0.1) is 0 Å². The van der Waals surface area contributed by atoms with Crippen molar-refractivity contribution in [2.24, 2.45) is 0 Å². The first kappa shape index (κ1) is 14.9. The van der Waals surface area contributed by atoms with E-state index in [0.29, 0.717) is 17.8 Å². The van der Waals surface area contributed by atoms with Gasteiger partial charge in [-0.3, -0.25) is 0 Å². The number of nitriles is 1. The van der Waals surface area contributed by atoms with E-state index in [1.165, 1.54) is 0 Å². The van der Waals surface area contributed by atoms with Crippen LogP contribution in [0.5, 0.6) is 5.75 Å². The molecule has 0 atom stereocenters. The number of rotatable bonds is 4. The number of hydrogen-bond donors (Lipinski definition) is 2. The van der Waals surface area contributed by atoms with Gasteiger partial charge in [0, 0.05) is 18.3 Å². The molecule has 2 N–H and O–H groups in total. The minimum Gasteiger partial charge on any atom is -0.508 e. The maximum absolute atomic E-state index is 12.6. The lowest BCUT2D eigenvalue weighted by atomic mass is 10.2. The van der Waals surface area contributed by atoms with Gasteiger partial charge in [0.05, 0.1) is 11.6 Å². The molecule has 0 bridgehead atoms. The molecule has 1 aliphatic rings. The topological polar surface area (TPSA) is 76.4 Å². The summed E-state index contributed by atoms with van der Waals surface area (Å²) in [6, 6.07) is 15.9. The highest BCUT2D eigenvalue weighted by Crippen LogP contribution is 2.29. The third-order valence-corrected chi connectivity index (χ3v) is 3.75. The lowest BCUT2D eigenvalue weighted by Gasteiger charge is -2.23. The number of amides is 2. The summed E-state index contributed by atoms with van der Waals surface area (Å²) in [4.78, 5) is 14.3. The number of phenolic OH excluding ortho intramolecular Hbond substituents is 1. The van der Waals surface area contributed by atoms with Gasteiger partial charge >= 0.3 is 6.03 Å². The zero-order valence-corrected chi connectivity index (χ0v) is 12.6. The molecule has 1 aliphatic carbocycles. The van der Waals surface area contributed by atoms with Crippen molar-refractivity contribution >= 4 is 11.7 Å². The lowest BCUT2D eigenvalue weighted by molar-refractivity contribution is 0.206. The van der Waals surface area contributed by atoms with E-state index >= 15 is 0 Å². The van der Waals surface area contributed by atoms with Crippen LogP contribution in [0.1, 0.15) is 24.0 Å². The molecule has 0 unspecified atom stereocenters. The zero-order valence-electron chi connectivity index (χ0n) is 12.6. The number of phenols is 1. The molecule has 23 heavy (non-hydrogen) atoms. The van der Waals surface area contributed by atoms with Crippen LogP contribution in [0.15, 0.2) is 48.5 Å². The van der Waals surface area contributed by atoms with Gasteiger partial charge in [-0.2, -0.15) is 5.26 Å². The van der Waals surface area contributed by atoms with Crippen LogP contribution in [0.2, 0.25) is 0 Å². The molecular weight excluding hydrogens is 290 g/mol. The molecule has 1 fully saturated rings. The first-order chi connectivity index (χ1) is 11.2. The summed E-state index contributed by atoms with van der Waals surface area (Å²) in [5.41, 5.74) is 2.00. The Kier molecular flexibility index (Phi) is 4.15. The summed E-state index contributed by atoms with van der Waals surface area (Å²) in [5.74, 6) is 0.195. The molecule has 1 saturated carbocycles. The van der Waals surface area contributed by atoms with Crippen LogP contribution < -0.4 is 5.32 Å². The van der Waals surface area contributed by atoms with E-state index in [0.717, 1.165) is 18.4 Å². The average Bonchev–Trinajstić information content (AvgIpc) is 3.37. The number of hydrogen-bond acceptors (Lipinski definition) is 3. The van der Waals surface area contributed by atoms with Crippen molar-refractivity contribution in [3.63, 3.8) is 0 Å². The van der Waals surface area contributed by atoms with Gasteiger partial charge in [0.15, 0.2) is 0 Å². The van der Waals surface area contributed by atoms with E-state index in [-0.39, 0.29) is 17.8 Å². The minimum absolute atomic E-state index is 0.189. The Balaban J connectivity index is 1.73. The molecule has 5 nitrogen and oxygen atoms in total. The number of carbonyl (C=O) groups excluding carboxylic acids is 1. The second-order valence-electron chi connectivity index (χ2n) is 5.65. The summed E-state index contributed by atoms with van der Waals surface area (Å²) in [5, 5.41) is 21.3. The van der Waals surface area contributed by atoms with Crippen LogP contribution in [0.3, 0.4) is 0 Å². The monoisotopic (exact) mass is 307 g/mol. The van der Waals surface area contributed by atoms with Crippen LogP contribution in [-0.4, -0.2) is 22.1 Å². The molecule has 0 saturated heterocycles. The molecular formula is C18H17N3O2. The van der Waals surface area contributed by atoms with E-state index in [1.54, 1.807) is 47.4 Å². The first-order valence-corrected chi connectivity index (χ1v) is 7.51. The average molecular weight is 307 g/mol. The van der Waals surface area contributed by atoms with Crippen molar-refractivity contribution < 1.29 is 9.90 Å². The molecule has 0 radical (unpaired) electrons. The van der Waals surface area contributed by atoms with Gasteiger partial charge in [0.25, 0.3) is 0 Å². The van der Waals surface area contributed by atoms with Crippen molar-refractivity contribution in [3.05, 3.63) is 59.7 Å². The Morgan fingerprint density at radius 3 is 2.74 bits per heavy atom. The van der Waals surface area contributed by atoms with Crippen molar-refractivity contribution in [2.75, 3.05) is 5.32 Å². The smallest absolute Gasteiger partial charge is 0.322 e. The second-order valence-corrected chi connectivity index (χ2v) is 5.65. The highest BCUT2D eigenvalue weighted by molar-refractivity contribution is 5.90. The van der Waals surface area contributed by atoms with Crippen molar-refractivity contribution in [2.45, 2.75) is 25.4 Å². The maximum atomic E-state index is 12.6. The predicted octanol–water partition coefficient (Wildman–Crippen LogP) is 3.46. The zero-order chi connectivity index (χ0) is 16.2. The quantitative estimate of drug-likeness (QED) is 0.908. The van der Waals surface area contributed by atoms with E-state index in [4.69, 9.17) is 5.26 Å². The van der Waals surface area contributed by atoms with E-state index < -0.39 is 0 Å². The summed E-state index contributed by atoms with van der Waals surface area (Å²) >= 11 is 0. The highest BCUT2D eigenvalue weighted by Gasteiger charge is 2.32. The summed E-state index contributed by atoms with van der Waals surface area (Å²) in [6.45, 7) is 0.447. The van der Waals surface area contributed by atoms with Crippen molar-refractivity contribution in [1.82, 2.24) is 4.90 Å². The second kappa shape index (κ2) is 6.41. The summed E-state index contributed by atoms with van der Waals surface area (Å²) < 4.78 is 0. The molecule has 5 heteroatoms. The van der Waals surface area contributed by atoms with Gasteiger partial charge in [-0.05, 0) is 48.7 Å². The fourth-order valence-electron chi connectivity index (χ4n) is 2.47. The number of carbonyl (C=O) groups is 1. The Morgan fingerprint density at radius 1 is 1.26 bits per heavy atom. The van der Waals surface area contributed by atoms with E-state index in [9.17, 15) is 9.90 Å². The number of urea groups is 1. The van der Waals surface area contributed by atoms with Gasteiger partial charge in [-0.1, -0.05) is 18.2 Å². The minimum atomic E-state index is -0.189. The molecule has 2 amide bonds. The van der Waals surface area contributed by atoms with Gasteiger partial charge in [0.1, 0.15) is 5.75 Å². The predicted molar refractivity (Wildman–Crippen MR) is 86.8 cm³/mol. The first-order valence-electron chi connectivity index (χ1n) is 7.51. The Bertz CT molecular complexity index is 763. The lowest BCUT2D eigenvalue weighted by Crippen LogP contribution is -2.36. The number of benzene rings is 2. The Morgan fingerprint density at radius 2 is 2.04 bits per heavy atom. The highest BCUT2D eigenvalue weighted by atomic mass is 16.3. The van der Waals surface area contributed by atoms with Crippen molar-refractivity contribution in [1.29, 1.82) is 5.26 Å². The molecule has 0 aromatic heterocycles. The third kappa shape index (κ3) is 3.80. The van der Waals surface area contributed by atoms with E-state index in [2.05, 4.69) is 11.4 Å². The largest absolute Gasteiger partial charge is 0.508 e. The number of nitrogens with one attached hydrogen (secondary N) is 1. The van der Waals surface area contributed by atoms with Crippen molar-refractivity contribution in [3.8, 4) is 11.8 Å². The molecule has 116 valence electrons. The fourth-order valence-corrected chi connectivity index (χ4v) is 2.47. The fraction of sp³-hybridized carbons (Fsp3) is 0.222. The number of anilines is 1. The molecule has 2 aromatic carbocycles. The van der Waals surface area contributed by atoms with Crippen LogP contribution >= 0.6 is 0 Å². The van der Waals surface area contributed by atoms with E-state index in [1.807, 2.05) is 6.07 Å². The maximum Gasteiger partial charge on any atom is 0.322 e. The van der Waals surface area contributed by atoms with Crippen LogP contribution in [0, 0.1) is 11.3 Å². The van der Waals surface area contributed by atoms with Crippen LogP contribution in [0.25, 0.3) is 0 Å². The van der Waals surface area contributed by atoms with Crippen LogP contribution in [-0.2, 0) is 6.54 Å². The summed E-state index contributed by atoms with van der Waals surface area (Å²) in [6.07, 6.45) is 1.98. The standard InChI is InChI=1S/C18H17N3O2/c19-11-13-3-1-5-15(9-13)20-18(23)21(16-7-8-16)12-14-4-2-6-17(22)10-14/h1-6,9-10,16,22H,7-8,12H2,(H,20,23). The molecule has 0 heterocycles. The molecule has 0 aliphatic heterocycles. The normalized spacial score (nSPS) is 13.2. The molecule has 3 rings (SSSR count). The SMILES string of the molecule is N#Cc1cccc(NC(=O)N(Cc2cccc(O)c2)C2CC2)c1. The molecule has 0 spiro atoms. The van der Waals surface area contributed by atoms with Gasteiger partial charge in [-0.25, -0.2) is 4.79 Å². The van der Waals surface area contributed by atoms with Crippen LogP contribution in [0.4, 0.5) is 10.5 Å². The third-order valence-electron chi connectivity index (χ3n) is 3.75. The number of aromatic hydroxyl groups is 1. The Hall–Kier alpha value is -3.00.